The lowest BCUT2D eigenvalue weighted by Gasteiger charge is -2.21. The van der Waals surface area contributed by atoms with Crippen molar-refractivity contribution in [3.05, 3.63) is 46.7 Å². The van der Waals surface area contributed by atoms with Gasteiger partial charge in [0.2, 0.25) is 0 Å². The van der Waals surface area contributed by atoms with Crippen molar-refractivity contribution in [1.82, 2.24) is 10.4 Å². The van der Waals surface area contributed by atoms with Gasteiger partial charge in [0.05, 0.1) is 13.3 Å². The van der Waals surface area contributed by atoms with Crippen LogP contribution in [0.1, 0.15) is 18.1 Å². The van der Waals surface area contributed by atoms with Crippen molar-refractivity contribution >= 4 is 6.21 Å². The maximum Gasteiger partial charge on any atom is 0.0996 e. The Bertz CT molecular complexity index is 477. The zero-order valence-electron chi connectivity index (χ0n) is 11.8. The Labute approximate surface area is 114 Å². The van der Waals surface area contributed by atoms with Crippen LogP contribution in [0.3, 0.4) is 0 Å². The van der Waals surface area contributed by atoms with Gasteiger partial charge in [0.15, 0.2) is 0 Å². The van der Waals surface area contributed by atoms with E-state index in [-0.39, 0.29) is 0 Å². The largest absolute Gasteiger partial charge is 0.283 e. The van der Waals surface area contributed by atoms with E-state index in [0.717, 1.165) is 30.0 Å². The first kappa shape index (κ1) is 13.8. The molecule has 0 atom stereocenters. The van der Waals surface area contributed by atoms with Gasteiger partial charge in [0.1, 0.15) is 0 Å². The van der Waals surface area contributed by atoms with Crippen molar-refractivity contribution in [1.29, 1.82) is 0 Å². The molecule has 1 aromatic rings. The molecular formula is C15H21N3O. The molecule has 0 bridgehead atoms. The second-order valence-electron chi connectivity index (χ2n) is 4.99. The Morgan fingerprint density at radius 2 is 2.11 bits per heavy atom. The third-order valence-corrected chi connectivity index (χ3v) is 3.08. The van der Waals surface area contributed by atoms with Crippen molar-refractivity contribution in [3.8, 4) is 0 Å². The highest BCUT2D eigenvalue weighted by Gasteiger charge is 2.08. The number of allylic oxidation sites excluding steroid dienone is 1. The lowest BCUT2D eigenvalue weighted by Crippen LogP contribution is -2.28. The van der Waals surface area contributed by atoms with Gasteiger partial charge in [-0.25, -0.2) is 0 Å². The summed E-state index contributed by atoms with van der Waals surface area (Å²) in [6.45, 7) is 6.31. The Morgan fingerprint density at radius 1 is 1.37 bits per heavy atom. The summed E-state index contributed by atoms with van der Waals surface area (Å²) >= 11 is 0. The number of nitrogens with zero attached hydrogens (tertiary/aromatic N) is 2. The first-order valence-electron chi connectivity index (χ1n) is 6.46. The predicted octanol–water partition coefficient (Wildman–Crippen LogP) is 2.26. The van der Waals surface area contributed by atoms with Gasteiger partial charge in [0, 0.05) is 24.0 Å². The topological polar surface area (TPSA) is 36.9 Å². The Morgan fingerprint density at radius 3 is 2.79 bits per heavy atom. The number of hydroxylamine groups is 1. The van der Waals surface area contributed by atoms with Gasteiger partial charge >= 0.3 is 0 Å². The molecule has 102 valence electrons. The van der Waals surface area contributed by atoms with Crippen LogP contribution < -0.4 is 5.48 Å². The Balaban J connectivity index is 1.85. The summed E-state index contributed by atoms with van der Waals surface area (Å²) in [5.74, 6) is 0. The minimum atomic E-state index is 0.553. The molecule has 0 unspecified atom stereocenters. The van der Waals surface area contributed by atoms with Crippen LogP contribution in [0.4, 0.5) is 0 Å². The van der Waals surface area contributed by atoms with E-state index in [1.54, 1.807) is 0 Å². The number of benzene rings is 1. The first-order chi connectivity index (χ1) is 9.15. The molecule has 0 radical (unpaired) electrons. The highest BCUT2D eigenvalue weighted by molar-refractivity contribution is 5.80. The molecule has 0 amide bonds. The molecule has 0 aliphatic carbocycles. The van der Waals surface area contributed by atoms with Crippen LogP contribution in [0.15, 0.2) is 40.5 Å². The molecule has 4 nitrogen and oxygen atoms in total. The summed E-state index contributed by atoms with van der Waals surface area (Å²) < 4.78 is 0. The third-order valence-electron chi connectivity index (χ3n) is 3.08. The molecule has 1 aliphatic rings. The standard InChI is InChI=1S/C15H21N3O/c1-12-4-6-14(7-5-12)10-19-17-13(2)15-8-16-11-18(3)9-15/h4-8,17H,9-11H2,1-3H3/b15-13+. The molecule has 0 saturated heterocycles. The number of likely N-dealkylation sites (N-methyl/N-ethyl adjacent to an activating group) is 1. The van der Waals surface area contributed by atoms with Gasteiger partial charge in [-0.1, -0.05) is 29.8 Å². The maximum absolute atomic E-state index is 5.52. The summed E-state index contributed by atoms with van der Waals surface area (Å²) in [7, 11) is 2.05. The van der Waals surface area contributed by atoms with E-state index in [1.165, 1.54) is 5.56 Å². The molecule has 2 rings (SSSR count). The van der Waals surface area contributed by atoms with Gasteiger partial charge in [-0.05, 0) is 26.5 Å². The molecule has 0 aromatic heterocycles. The van der Waals surface area contributed by atoms with Crippen LogP contribution in [0.2, 0.25) is 0 Å². The van der Waals surface area contributed by atoms with E-state index in [9.17, 15) is 0 Å². The van der Waals surface area contributed by atoms with Crippen LogP contribution in [0.5, 0.6) is 0 Å². The summed E-state index contributed by atoms with van der Waals surface area (Å²) in [6.07, 6.45) is 1.91. The maximum atomic E-state index is 5.52. The van der Waals surface area contributed by atoms with Crippen molar-refractivity contribution in [3.63, 3.8) is 0 Å². The van der Waals surface area contributed by atoms with Crippen LogP contribution in [-0.4, -0.2) is 31.4 Å². The fourth-order valence-corrected chi connectivity index (χ4v) is 1.86. The molecule has 1 heterocycles. The summed E-state index contributed by atoms with van der Waals surface area (Å²) in [6, 6.07) is 8.34. The number of nitrogens with one attached hydrogen (secondary N) is 1. The fourth-order valence-electron chi connectivity index (χ4n) is 1.86. The predicted molar refractivity (Wildman–Crippen MR) is 77.8 cm³/mol. The lowest BCUT2D eigenvalue weighted by molar-refractivity contribution is 0.0486. The number of aliphatic imine (C=N–C) groups is 1. The fraction of sp³-hybridized carbons (Fsp3) is 0.400. The van der Waals surface area contributed by atoms with E-state index in [2.05, 4.69) is 53.6 Å². The molecule has 0 saturated carbocycles. The summed E-state index contributed by atoms with van der Waals surface area (Å²) in [5.41, 5.74) is 7.60. The smallest absolute Gasteiger partial charge is 0.0996 e. The highest BCUT2D eigenvalue weighted by atomic mass is 16.6. The molecule has 0 spiro atoms. The van der Waals surface area contributed by atoms with Crippen molar-refractivity contribution in [2.45, 2.75) is 20.5 Å². The van der Waals surface area contributed by atoms with Gasteiger partial charge < -0.3 is 0 Å². The molecule has 0 fully saturated rings. The molecule has 19 heavy (non-hydrogen) atoms. The normalized spacial score (nSPS) is 18.5. The van der Waals surface area contributed by atoms with E-state index in [0.29, 0.717) is 6.61 Å². The zero-order valence-corrected chi connectivity index (χ0v) is 11.8. The molecule has 1 aliphatic heterocycles. The van der Waals surface area contributed by atoms with E-state index in [1.807, 2.05) is 13.1 Å². The molecule has 4 heteroatoms. The monoisotopic (exact) mass is 259 g/mol. The molecule has 1 aromatic carbocycles. The van der Waals surface area contributed by atoms with Crippen molar-refractivity contribution in [2.75, 3.05) is 20.3 Å². The number of rotatable bonds is 4. The van der Waals surface area contributed by atoms with Gasteiger partial charge in [-0.2, -0.15) is 0 Å². The second kappa shape index (κ2) is 6.50. The Kier molecular flexibility index (Phi) is 4.71. The van der Waals surface area contributed by atoms with Gasteiger partial charge in [-0.3, -0.25) is 20.2 Å². The van der Waals surface area contributed by atoms with Crippen LogP contribution in [0.25, 0.3) is 0 Å². The van der Waals surface area contributed by atoms with Gasteiger partial charge in [0.25, 0.3) is 0 Å². The van der Waals surface area contributed by atoms with Gasteiger partial charge in [-0.15, -0.1) is 0 Å². The molecule has 1 N–H and O–H groups in total. The zero-order chi connectivity index (χ0) is 13.7. The SMILES string of the molecule is C/C(NOCc1ccc(C)cc1)=C1/C=NCN(C)C1. The average Bonchev–Trinajstić information content (AvgIpc) is 2.41. The minimum Gasteiger partial charge on any atom is -0.283 e. The Hall–Kier alpha value is -1.65. The van der Waals surface area contributed by atoms with E-state index >= 15 is 0 Å². The van der Waals surface area contributed by atoms with E-state index < -0.39 is 0 Å². The number of hydrogen-bond acceptors (Lipinski definition) is 4. The third kappa shape index (κ3) is 4.19. The quantitative estimate of drug-likeness (QED) is 0.843. The van der Waals surface area contributed by atoms with Crippen LogP contribution >= 0.6 is 0 Å². The first-order valence-corrected chi connectivity index (χ1v) is 6.46. The van der Waals surface area contributed by atoms with Crippen LogP contribution in [0, 0.1) is 6.92 Å². The number of aryl methyl sites for hydroxylation is 1. The second-order valence-corrected chi connectivity index (χ2v) is 4.99. The lowest BCUT2D eigenvalue weighted by atomic mass is 10.2. The van der Waals surface area contributed by atoms with Crippen molar-refractivity contribution in [2.24, 2.45) is 4.99 Å². The summed E-state index contributed by atoms with van der Waals surface area (Å²) in [4.78, 5) is 12.0. The molecular weight excluding hydrogens is 238 g/mol. The number of hydrogen-bond donors (Lipinski definition) is 1. The van der Waals surface area contributed by atoms with E-state index in [4.69, 9.17) is 4.84 Å². The average molecular weight is 259 g/mol. The van der Waals surface area contributed by atoms with Crippen LogP contribution in [-0.2, 0) is 11.4 Å². The van der Waals surface area contributed by atoms with Crippen molar-refractivity contribution < 1.29 is 4.84 Å². The summed E-state index contributed by atoms with van der Waals surface area (Å²) in [5, 5.41) is 0. The minimum absolute atomic E-state index is 0.553. The highest BCUT2D eigenvalue weighted by Crippen LogP contribution is 2.07.